The Morgan fingerprint density at radius 3 is 2.62 bits per heavy atom. The minimum absolute atomic E-state index is 0.0204. The van der Waals surface area contributed by atoms with Crippen LogP contribution in [0.15, 0.2) is 42.5 Å². The van der Waals surface area contributed by atoms with Crippen LogP contribution in [0.4, 0.5) is 0 Å². The lowest BCUT2D eigenvalue weighted by atomic mass is 10.0. The van der Waals surface area contributed by atoms with Crippen molar-refractivity contribution in [2.75, 3.05) is 25.5 Å². The van der Waals surface area contributed by atoms with Crippen molar-refractivity contribution in [3.63, 3.8) is 0 Å². The molecule has 1 unspecified atom stereocenters. The smallest absolute Gasteiger partial charge is 0.255 e. The average Bonchev–Trinajstić information content (AvgIpc) is 3.26. The summed E-state index contributed by atoms with van der Waals surface area (Å²) in [7, 11) is 0. The van der Waals surface area contributed by atoms with E-state index >= 15 is 0 Å². The van der Waals surface area contributed by atoms with Crippen LogP contribution in [0.2, 0.25) is 0 Å². The van der Waals surface area contributed by atoms with Crippen molar-refractivity contribution >= 4 is 17.7 Å². The van der Waals surface area contributed by atoms with E-state index in [0.29, 0.717) is 13.2 Å². The lowest BCUT2D eigenvalue weighted by Crippen LogP contribution is -2.30. The molecule has 2 aromatic rings. The highest BCUT2D eigenvalue weighted by molar-refractivity contribution is 7.99. The second kappa shape index (κ2) is 9.57. The quantitative estimate of drug-likeness (QED) is 0.567. The number of fused-ring (bicyclic) bond motifs is 1. The van der Waals surface area contributed by atoms with E-state index in [1.165, 1.54) is 31.2 Å². The van der Waals surface area contributed by atoms with E-state index in [1.54, 1.807) is 11.8 Å². The van der Waals surface area contributed by atoms with Crippen LogP contribution in [-0.2, 0) is 6.42 Å². The van der Waals surface area contributed by atoms with Gasteiger partial charge in [-0.1, -0.05) is 44.4 Å². The van der Waals surface area contributed by atoms with Gasteiger partial charge in [-0.15, -0.1) is 11.8 Å². The van der Waals surface area contributed by atoms with Gasteiger partial charge in [0.2, 0.25) is 0 Å². The molecule has 154 valence electrons. The summed E-state index contributed by atoms with van der Waals surface area (Å²) in [6.07, 6.45) is 6.14. The Bertz CT molecular complexity index is 837. The first kappa shape index (κ1) is 20.1. The lowest BCUT2D eigenvalue weighted by Gasteiger charge is -2.26. The maximum atomic E-state index is 13.2. The van der Waals surface area contributed by atoms with E-state index in [2.05, 4.69) is 25.1 Å². The van der Waals surface area contributed by atoms with Gasteiger partial charge in [-0.25, -0.2) is 0 Å². The maximum absolute atomic E-state index is 13.2. The van der Waals surface area contributed by atoms with Crippen molar-refractivity contribution in [3.05, 3.63) is 59.2 Å². The summed E-state index contributed by atoms with van der Waals surface area (Å²) in [5, 5.41) is 0.0204. The van der Waals surface area contributed by atoms with Crippen molar-refractivity contribution in [2.45, 2.75) is 44.4 Å². The van der Waals surface area contributed by atoms with Gasteiger partial charge in [0.15, 0.2) is 11.5 Å². The third kappa shape index (κ3) is 4.72. The summed E-state index contributed by atoms with van der Waals surface area (Å²) >= 11 is 1.80. The number of rotatable bonds is 7. The lowest BCUT2D eigenvalue weighted by molar-refractivity contribution is 0.0760. The first-order valence-electron chi connectivity index (χ1n) is 10.7. The summed E-state index contributed by atoms with van der Waals surface area (Å²) in [6.45, 7) is 4.15. The summed E-state index contributed by atoms with van der Waals surface area (Å²) in [4.78, 5) is 15.2. The van der Waals surface area contributed by atoms with Gasteiger partial charge in [0.25, 0.3) is 5.91 Å². The fourth-order valence-electron chi connectivity index (χ4n) is 3.90. The maximum Gasteiger partial charge on any atom is 0.255 e. The molecule has 1 saturated heterocycles. The fourth-order valence-corrected chi connectivity index (χ4v) is 5.15. The zero-order valence-corrected chi connectivity index (χ0v) is 17.9. The van der Waals surface area contributed by atoms with Gasteiger partial charge in [0, 0.05) is 17.9 Å². The SMILES string of the molecule is CCCCCCc1ccc(C(=O)N2CCSC2c2ccc3c(c2)OCCO3)cc1. The molecule has 0 bridgehead atoms. The molecule has 2 heterocycles. The number of thioether (sulfide) groups is 1. The standard InChI is InChI=1S/C24H29NO3S/c1-2-3-4-5-6-18-7-9-19(10-8-18)23(26)25-13-16-29-24(25)20-11-12-21-22(17-20)28-15-14-27-21/h7-12,17,24H,2-6,13-16H2,1H3. The van der Waals surface area contributed by atoms with Crippen LogP contribution >= 0.6 is 11.8 Å². The second-order valence-electron chi connectivity index (χ2n) is 7.63. The summed E-state index contributed by atoms with van der Waals surface area (Å²) in [6, 6.07) is 14.2. The van der Waals surface area contributed by atoms with E-state index < -0.39 is 0 Å². The minimum atomic E-state index is 0.0204. The van der Waals surface area contributed by atoms with Gasteiger partial charge in [0.1, 0.15) is 18.6 Å². The van der Waals surface area contributed by atoms with Gasteiger partial charge in [-0.05, 0) is 48.2 Å². The van der Waals surface area contributed by atoms with Crippen molar-refractivity contribution in [1.29, 1.82) is 0 Å². The number of aryl methyl sites for hydroxylation is 1. The Morgan fingerprint density at radius 1 is 1.03 bits per heavy atom. The van der Waals surface area contributed by atoms with Crippen LogP contribution in [0.3, 0.4) is 0 Å². The van der Waals surface area contributed by atoms with Crippen LogP contribution in [0.1, 0.15) is 59.5 Å². The largest absolute Gasteiger partial charge is 0.486 e. The second-order valence-corrected chi connectivity index (χ2v) is 8.82. The van der Waals surface area contributed by atoms with E-state index in [-0.39, 0.29) is 11.3 Å². The molecule has 2 aromatic carbocycles. The topological polar surface area (TPSA) is 38.8 Å². The molecule has 1 amide bonds. The Balaban J connectivity index is 1.44. The highest BCUT2D eigenvalue weighted by Gasteiger charge is 2.32. The van der Waals surface area contributed by atoms with Crippen molar-refractivity contribution < 1.29 is 14.3 Å². The molecule has 5 heteroatoms. The Kier molecular flexibility index (Phi) is 6.65. The molecule has 0 aromatic heterocycles. The van der Waals surface area contributed by atoms with Crippen LogP contribution in [0.25, 0.3) is 0 Å². The van der Waals surface area contributed by atoms with Crippen LogP contribution < -0.4 is 9.47 Å². The van der Waals surface area contributed by atoms with E-state index in [1.807, 2.05) is 29.2 Å². The third-order valence-electron chi connectivity index (χ3n) is 5.52. The molecule has 29 heavy (non-hydrogen) atoms. The molecule has 2 aliphatic rings. The number of amides is 1. The molecule has 0 saturated carbocycles. The molecule has 2 aliphatic heterocycles. The number of ether oxygens (including phenoxy) is 2. The molecule has 4 rings (SSSR count). The zero-order valence-electron chi connectivity index (χ0n) is 17.1. The number of nitrogens with zero attached hydrogens (tertiary/aromatic N) is 1. The molecule has 0 N–H and O–H groups in total. The van der Waals surface area contributed by atoms with Gasteiger partial charge in [0.05, 0.1) is 0 Å². The van der Waals surface area contributed by atoms with Gasteiger partial charge >= 0.3 is 0 Å². The van der Waals surface area contributed by atoms with Crippen molar-refractivity contribution in [1.82, 2.24) is 4.90 Å². The van der Waals surface area contributed by atoms with Crippen LogP contribution in [0.5, 0.6) is 11.5 Å². The number of benzene rings is 2. The highest BCUT2D eigenvalue weighted by atomic mass is 32.2. The molecule has 0 spiro atoms. The molecule has 0 aliphatic carbocycles. The Hall–Kier alpha value is -2.14. The molecular formula is C24H29NO3S. The molecule has 1 fully saturated rings. The number of unbranched alkanes of at least 4 members (excludes halogenated alkanes) is 3. The molecule has 1 atom stereocenters. The molecular weight excluding hydrogens is 382 g/mol. The monoisotopic (exact) mass is 411 g/mol. The van der Waals surface area contributed by atoms with Gasteiger partial charge in [-0.3, -0.25) is 4.79 Å². The van der Waals surface area contributed by atoms with Crippen molar-refractivity contribution in [3.8, 4) is 11.5 Å². The number of hydrogen-bond acceptors (Lipinski definition) is 4. The predicted molar refractivity (Wildman–Crippen MR) is 118 cm³/mol. The minimum Gasteiger partial charge on any atom is -0.486 e. The van der Waals surface area contributed by atoms with Crippen LogP contribution in [-0.4, -0.2) is 36.3 Å². The van der Waals surface area contributed by atoms with Gasteiger partial charge in [-0.2, -0.15) is 0 Å². The van der Waals surface area contributed by atoms with E-state index in [9.17, 15) is 4.79 Å². The number of hydrogen-bond donors (Lipinski definition) is 0. The summed E-state index contributed by atoms with van der Waals surface area (Å²) in [5.74, 6) is 2.62. The third-order valence-corrected chi connectivity index (χ3v) is 6.78. The Labute approximate surface area is 177 Å². The fraction of sp³-hybridized carbons (Fsp3) is 0.458. The first-order valence-corrected chi connectivity index (χ1v) is 11.7. The number of carbonyl (C=O) groups is 1. The summed E-state index contributed by atoms with van der Waals surface area (Å²) < 4.78 is 11.4. The van der Waals surface area contributed by atoms with Gasteiger partial charge < -0.3 is 14.4 Å². The summed E-state index contributed by atoms with van der Waals surface area (Å²) in [5.41, 5.74) is 3.18. The van der Waals surface area contributed by atoms with E-state index in [4.69, 9.17) is 9.47 Å². The first-order chi connectivity index (χ1) is 14.3. The normalized spacial score (nSPS) is 18.1. The van der Waals surface area contributed by atoms with Crippen molar-refractivity contribution in [2.24, 2.45) is 0 Å². The number of carbonyl (C=O) groups excluding carboxylic acids is 1. The predicted octanol–water partition coefficient (Wildman–Crippen LogP) is 5.47. The van der Waals surface area contributed by atoms with E-state index in [0.717, 1.165) is 41.3 Å². The average molecular weight is 412 g/mol. The van der Waals surface area contributed by atoms with Crippen LogP contribution in [0, 0.1) is 0 Å². The highest BCUT2D eigenvalue weighted by Crippen LogP contribution is 2.42. The molecule has 0 radical (unpaired) electrons. The zero-order chi connectivity index (χ0) is 20.1. The Morgan fingerprint density at radius 2 is 1.83 bits per heavy atom. The molecule has 4 nitrogen and oxygen atoms in total.